The number of aromatic nitrogens is 1. The number of pyridine rings is 1. The first kappa shape index (κ1) is 14.7. The highest BCUT2D eigenvalue weighted by molar-refractivity contribution is 6.14. The van der Waals surface area contributed by atoms with E-state index in [-0.39, 0.29) is 18.8 Å². The summed E-state index contributed by atoms with van der Waals surface area (Å²) in [5, 5.41) is 2.82. The van der Waals surface area contributed by atoms with Crippen LogP contribution in [0.1, 0.15) is 13.8 Å². The fraction of sp³-hybridized carbons (Fsp3) is 0.308. The molecule has 0 amide bonds. The van der Waals surface area contributed by atoms with Gasteiger partial charge in [-0.3, -0.25) is 4.98 Å². The fourth-order valence-corrected chi connectivity index (χ4v) is 1.22. The molecule has 0 radical (unpaired) electrons. The maximum Gasteiger partial charge on any atom is 0.347 e. The standard InChI is InChI=1S/C13H16N2O4/c1-3-18-12(16)11(13(17)19-4-2)9-15-10-5-7-14-8-6-10/h5-9H,3-4H2,1-2H3,(H,14,15). The molecule has 0 saturated carbocycles. The summed E-state index contributed by atoms with van der Waals surface area (Å²) in [7, 11) is 0. The zero-order chi connectivity index (χ0) is 14.1. The molecule has 0 unspecified atom stereocenters. The second-order valence-electron chi connectivity index (χ2n) is 3.38. The summed E-state index contributed by atoms with van der Waals surface area (Å²) < 4.78 is 9.60. The monoisotopic (exact) mass is 264 g/mol. The van der Waals surface area contributed by atoms with Crippen LogP contribution in [0.15, 0.2) is 36.3 Å². The molecule has 0 fully saturated rings. The summed E-state index contributed by atoms with van der Waals surface area (Å²) in [5.74, 6) is -1.44. The molecule has 19 heavy (non-hydrogen) atoms. The lowest BCUT2D eigenvalue weighted by molar-refractivity contribution is -0.146. The van der Waals surface area contributed by atoms with Gasteiger partial charge in [0.25, 0.3) is 0 Å². The minimum atomic E-state index is -0.720. The molecule has 0 aromatic carbocycles. The van der Waals surface area contributed by atoms with Crippen molar-refractivity contribution in [1.82, 2.24) is 4.98 Å². The van der Waals surface area contributed by atoms with Crippen LogP contribution in [0.25, 0.3) is 0 Å². The Morgan fingerprint density at radius 1 is 1.16 bits per heavy atom. The maximum absolute atomic E-state index is 11.6. The lowest BCUT2D eigenvalue weighted by atomic mass is 10.3. The van der Waals surface area contributed by atoms with Crippen molar-refractivity contribution in [3.8, 4) is 0 Å². The number of carbonyl (C=O) groups is 2. The summed E-state index contributed by atoms with van der Waals surface area (Å²) >= 11 is 0. The zero-order valence-corrected chi connectivity index (χ0v) is 10.9. The number of carbonyl (C=O) groups excluding carboxylic acids is 2. The highest BCUT2D eigenvalue weighted by Gasteiger charge is 2.20. The topological polar surface area (TPSA) is 77.5 Å². The minimum absolute atomic E-state index is 0.180. The van der Waals surface area contributed by atoms with Gasteiger partial charge in [-0.2, -0.15) is 0 Å². The van der Waals surface area contributed by atoms with Crippen LogP contribution >= 0.6 is 0 Å². The first-order valence-electron chi connectivity index (χ1n) is 5.90. The van der Waals surface area contributed by atoms with Gasteiger partial charge in [-0.15, -0.1) is 0 Å². The average Bonchev–Trinajstić information content (AvgIpc) is 2.41. The van der Waals surface area contributed by atoms with E-state index in [1.165, 1.54) is 6.20 Å². The number of nitrogens with one attached hydrogen (secondary N) is 1. The van der Waals surface area contributed by atoms with Crippen molar-refractivity contribution in [3.05, 3.63) is 36.3 Å². The Labute approximate surface area is 111 Å². The van der Waals surface area contributed by atoms with Gasteiger partial charge in [0, 0.05) is 24.3 Å². The minimum Gasteiger partial charge on any atom is -0.462 e. The first-order chi connectivity index (χ1) is 9.19. The lowest BCUT2D eigenvalue weighted by Gasteiger charge is -2.07. The molecule has 1 heterocycles. The molecule has 1 N–H and O–H groups in total. The molecule has 1 aromatic heterocycles. The molecule has 1 rings (SSSR count). The van der Waals surface area contributed by atoms with Crippen LogP contribution in [-0.4, -0.2) is 30.1 Å². The van der Waals surface area contributed by atoms with E-state index in [2.05, 4.69) is 10.3 Å². The van der Waals surface area contributed by atoms with E-state index >= 15 is 0 Å². The molecule has 0 bridgehead atoms. The molecule has 0 atom stereocenters. The summed E-state index contributed by atoms with van der Waals surface area (Å²) in [6, 6.07) is 3.40. The fourth-order valence-electron chi connectivity index (χ4n) is 1.22. The molecule has 102 valence electrons. The van der Waals surface area contributed by atoms with Crippen molar-refractivity contribution in [1.29, 1.82) is 0 Å². The van der Waals surface area contributed by atoms with Crippen LogP contribution in [-0.2, 0) is 19.1 Å². The third-order valence-corrected chi connectivity index (χ3v) is 2.05. The smallest absolute Gasteiger partial charge is 0.347 e. The SMILES string of the molecule is CCOC(=O)C(=CNc1ccncc1)C(=O)OCC. The van der Waals surface area contributed by atoms with E-state index in [1.807, 2.05) is 0 Å². The Morgan fingerprint density at radius 2 is 1.68 bits per heavy atom. The largest absolute Gasteiger partial charge is 0.462 e. The van der Waals surface area contributed by atoms with Crippen LogP contribution in [0, 0.1) is 0 Å². The van der Waals surface area contributed by atoms with Gasteiger partial charge in [0.2, 0.25) is 0 Å². The predicted molar refractivity (Wildman–Crippen MR) is 69.2 cm³/mol. The average molecular weight is 264 g/mol. The van der Waals surface area contributed by atoms with E-state index in [1.54, 1.807) is 38.4 Å². The molecule has 1 aromatic rings. The maximum atomic E-state index is 11.6. The van der Waals surface area contributed by atoms with Crippen molar-refractivity contribution in [2.45, 2.75) is 13.8 Å². The number of anilines is 1. The molecular formula is C13H16N2O4. The predicted octanol–water partition coefficient (Wildman–Crippen LogP) is 1.50. The molecule has 0 aliphatic heterocycles. The van der Waals surface area contributed by atoms with Crippen molar-refractivity contribution in [3.63, 3.8) is 0 Å². The summed E-state index contributed by atoms with van der Waals surface area (Å²) in [5.41, 5.74) is 0.515. The second kappa shape index (κ2) is 7.86. The number of nitrogens with zero attached hydrogens (tertiary/aromatic N) is 1. The van der Waals surface area contributed by atoms with Gasteiger partial charge in [0.05, 0.1) is 13.2 Å². The van der Waals surface area contributed by atoms with Gasteiger partial charge in [-0.1, -0.05) is 0 Å². The second-order valence-corrected chi connectivity index (χ2v) is 3.38. The summed E-state index contributed by atoms with van der Waals surface area (Å²) in [6.45, 7) is 3.70. The van der Waals surface area contributed by atoms with Crippen LogP contribution in [0.4, 0.5) is 5.69 Å². The van der Waals surface area contributed by atoms with Crippen molar-refractivity contribution in [2.24, 2.45) is 0 Å². The molecule has 6 heteroatoms. The van der Waals surface area contributed by atoms with Crippen molar-refractivity contribution < 1.29 is 19.1 Å². The Bertz CT molecular complexity index is 437. The van der Waals surface area contributed by atoms with E-state index in [0.717, 1.165) is 0 Å². The van der Waals surface area contributed by atoms with E-state index in [0.29, 0.717) is 5.69 Å². The van der Waals surface area contributed by atoms with Crippen molar-refractivity contribution in [2.75, 3.05) is 18.5 Å². The Kier molecular flexibility index (Phi) is 6.08. The van der Waals surface area contributed by atoms with Crippen LogP contribution in [0.2, 0.25) is 0 Å². The third kappa shape index (κ3) is 4.79. The Balaban J connectivity index is 2.83. The van der Waals surface area contributed by atoms with Gasteiger partial charge < -0.3 is 14.8 Å². The highest BCUT2D eigenvalue weighted by atomic mass is 16.6. The normalized spacial score (nSPS) is 9.37. The highest BCUT2D eigenvalue weighted by Crippen LogP contribution is 2.07. The number of ether oxygens (including phenoxy) is 2. The number of rotatable bonds is 6. The molecule has 0 saturated heterocycles. The van der Waals surface area contributed by atoms with Crippen LogP contribution in [0.3, 0.4) is 0 Å². The number of hydrogen-bond acceptors (Lipinski definition) is 6. The van der Waals surface area contributed by atoms with Gasteiger partial charge >= 0.3 is 11.9 Å². The Hall–Kier alpha value is -2.37. The van der Waals surface area contributed by atoms with Crippen molar-refractivity contribution >= 4 is 17.6 Å². The molecule has 0 aliphatic carbocycles. The van der Waals surface area contributed by atoms with E-state index < -0.39 is 11.9 Å². The van der Waals surface area contributed by atoms with Gasteiger partial charge in [-0.25, -0.2) is 9.59 Å². The molecular weight excluding hydrogens is 248 g/mol. The van der Waals surface area contributed by atoms with Gasteiger partial charge in [0.15, 0.2) is 5.57 Å². The van der Waals surface area contributed by atoms with Gasteiger partial charge in [0.1, 0.15) is 0 Å². The first-order valence-corrected chi connectivity index (χ1v) is 5.90. The lowest BCUT2D eigenvalue weighted by Crippen LogP contribution is -2.19. The van der Waals surface area contributed by atoms with E-state index in [4.69, 9.17) is 9.47 Å². The summed E-state index contributed by atoms with van der Waals surface area (Å²) in [4.78, 5) is 27.1. The number of esters is 2. The quantitative estimate of drug-likeness (QED) is 0.363. The van der Waals surface area contributed by atoms with Crippen LogP contribution < -0.4 is 5.32 Å². The Morgan fingerprint density at radius 3 is 2.16 bits per heavy atom. The zero-order valence-electron chi connectivity index (χ0n) is 10.9. The van der Waals surface area contributed by atoms with Gasteiger partial charge in [-0.05, 0) is 26.0 Å². The molecule has 0 spiro atoms. The molecule has 0 aliphatic rings. The number of hydrogen-bond donors (Lipinski definition) is 1. The third-order valence-electron chi connectivity index (χ3n) is 2.05. The van der Waals surface area contributed by atoms with E-state index in [9.17, 15) is 9.59 Å². The summed E-state index contributed by atoms with van der Waals surface area (Å²) in [6.07, 6.45) is 4.44. The molecule has 6 nitrogen and oxygen atoms in total. The van der Waals surface area contributed by atoms with Crippen LogP contribution in [0.5, 0.6) is 0 Å².